The molecule has 0 saturated carbocycles. The fourth-order valence-corrected chi connectivity index (χ4v) is 12.1. The van der Waals surface area contributed by atoms with Gasteiger partial charge in [-0.25, -0.2) is 9.13 Å². The number of phosphoric acid groups is 2. The Hall–Kier alpha value is -1.94. The topological polar surface area (TPSA) is 237 Å². The Morgan fingerprint density at radius 2 is 0.472 bits per heavy atom. The van der Waals surface area contributed by atoms with Crippen LogP contribution in [0.25, 0.3) is 0 Å². The van der Waals surface area contributed by atoms with E-state index < -0.39 is 97.5 Å². The molecule has 17 nitrogen and oxygen atoms in total. The Kier molecular flexibility index (Phi) is 58.5. The lowest BCUT2D eigenvalue weighted by molar-refractivity contribution is -0.161. The summed E-state index contributed by atoms with van der Waals surface area (Å²) < 4.78 is 68.3. The lowest BCUT2D eigenvalue weighted by Crippen LogP contribution is -2.30. The van der Waals surface area contributed by atoms with Crippen molar-refractivity contribution < 1.29 is 80.2 Å². The van der Waals surface area contributed by atoms with Crippen LogP contribution in [0.15, 0.2) is 0 Å². The molecular weight excluding hydrogens is 1170 g/mol. The summed E-state index contributed by atoms with van der Waals surface area (Å²) >= 11 is 0. The maximum absolute atomic E-state index is 13.0. The van der Waals surface area contributed by atoms with Gasteiger partial charge in [0.2, 0.25) is 0 Å². The molecule has 5 atom stereocenters. The average Bonchev–Trinajstić information content (AvgIpc) is 3.62. The number of hydrogen-bond acceptors (Lipinski definition) is 15. The Bertz CT molecular complexity index is 1760. The van der Waals surface area contributed by atoms with Crippen molar-refractivity contribution in [3.05, 3.63) is 0 Å². The van der Waals surface area contributed by atoms with Crippen LogP contribution in [-0.4, -0.2) is 96.7 Å². The first-order valence-corrected chi connectivity index (χ1v) is 39.2. The van der Waals surface area contributed by atoms with E-state index in [-0.39, 0.29) is 25.7 Å². The van der Waals surface area contributed by atoms with Crippen LogP contribution in [0.1, 0.15) is 344 Å². The highest BCUT2D eigenvalue weighted by atomic mass is 31.2. The van der Waals surface area contributed by atoms with Crippen LogP contribution >= 0.6 is 15.6 Å². The number of ether oxygens (including phenoxy) is 4. The van der Waals surface area contributed by atoms with Crippen molar-refractivity contribution in [2.24, 2.45) is 23.7 Å². The number of rotatable bonds is 67. The second-order valence-corrected chi connectivity index (χ2v) is 30.1. The molecule has 0 aromatic carbocycles. The predicted octanol–water partition coefficient (Wildman–Crippen LogP) is 19.7. The SMILES string of the molecule is CC(C)CCCCCCCCCCCCCC(=O)O[C@H](COC(=O)CCCCCCCCCCC(C)C)COP(=O)(O)OCC(O)COP(=O)(O)OC[C@@H](COC(=O)CCCCCCCCCCCC(C)C)OC(=O)CCCCCCCCCCCC(C)C. The highest BCUT2D eigenvalue weighted by Gasteiger charge is 2.30. The van der Waals surface area contributed by atoms with Gasteiger partial charge >= 0.3 is 39.5 Å². The van der Waals surface area contributed by atoms with Crippen LogP contribution in [0.3, 0.4) is 0 Å². The molecule has 0 aromatic rings. The van der Waals surface area contributed by atoms with Gasteiger partial charge in [-0.15, -0.1) is 0 Å². The van der Waals surface area contributed by atoms with E-state index in [1.807, 2.05) is 0 Å². The summed E-state index contributed by atoms with van der Waals surface area (Å²) in [6.07, 6.45) is 41.7. The first kappa shape index (κ1) is 87.1. The Labute approximate surface area is 543 Å². The molecule has 0 aromatic heterocycles. The zero-order valence-electron chi connectivity index (χ0n) is 58.1. The molecule has 0 aliphatic carbocycles. The average molecular weight is 1310 g/mol. The van der Waals surface area contributed by atoms with Gasteiger partial charge < -0.3 is 33.8 Å². The van der Waals surface area contributed by atoms with Crippen LogP contribution in [0, 0.1) is 23.7 Å². The molecule has 0 amide bonds. The zero-order valence-corrected chi connectivity index (χ0v) is 59.8. The maximum Gasteiger partial charge on any atom is 0.472 e. The first-order chi connectivity index (χ1) is 42.6. The summed E-state index contributed by atoms with van der Waals surface area (Å²) in [5.74, 6) is 0.842. The van der Waals surface area contributed by atoms with E-state index in [0.717, 1.165) is 114 Å². The summed E-state index contributed by atoms with van der Waals surface area (Å²) in [7, 11) is -9.90. The molecule has 0 fully saturated rings. The second-order valence-electron chi connectivity index (χ2n) is 27.2. The van der Waals surface area contributed by atoms with Gasteiger partial charge in [0.25, 0.3) is 0 Å². The minimum Gasteiger partial charge on any atom is -0.462 e. The van der Waals surface area contributed by atoms with Crippen molar-refractivity contribution in [3.63, 3.8) is 0 Å². The first-order valence-electron chi connectivity index (χ1n) is 36.2. The van der Waals surface area contributed by atoms with Gasteiger partial charge in [0.05, 0.1) is 26.4 Å². The normalized spacial score (nSPS) is 14.3. The monoisotopic (exact) mass is 1310 g/mol. The molecule has 528 valence electrons. The third-order valence-electron chi connectivity index (χ3n) is 16.1. The van der Waals surface area contributed by atoms with Crippen molar-refractivity contribution in [3.8, 4) is 0 Å². The molecule has 0 aliphatic rings. The van der Waals surface area contributed by atoms with Gasteiger partial charge in [0, 0.05) is 25.7 Å². The molecule has 0 aliphatic heterocycles. The van der Waals surface area contributed by atoms with Crippen LogP contribution in [0.5, 0.6) is 0 Å². The van der Waals surface area contributed by atoms with E-state index in [0.29, 0.717) is 25.7 Å². The van der Waals surface area contributed by atoms with E-state index in [1.165, 1.54) is 148 Å². The van der Waals surface area contributed by atoms with Gasteiger partial charge in [-0.1, -0.05) is 293 Å². The molecule has 89 heavy (non-hydrogen) atoms. The minimum atomic E-state index is -4.95. The molecule has 0 spiro atoms. The number of hydrogen-bond donors (Lipinski definition) is 3. The molecule has 0 rings (SSSR count). The fraction of sp³-hybridized carbons (Fsp3) is 0.943. The lowest BCUT2D eigenvalue weighted by atomic mass is 10.0. The third kappa shape index (κ3) is 64.6. The predicted molar refractivity (Wildman–Crippen MR) is 358 cm³/mol. The second kappa shape index (κ2) is 59.8. The summed E-state index contributed by atoms with van der Waals surface area (Å²) in [6, 6.07) is 0. The smallest absolute Gasteiger partial charge is 0.462 e. The summed E-state index contributed by atoms with van der Waals surface area (Å²) in [6.45, 7) is 14.1. The summed E-state index contributed by atoms with van der Waals surface area (Å²) in [4.78, 5) is 72.5. The van der Waals surface area contributed by atoms with E-state index in [2.05, 4.69) is 55.4 Å². The van der Waals surface area contributed by atoms with Crippen molar-refractivity contribution >= 4 is 39.5 Å². The highest BCUT2D eigenvalue weighted by molar-refractivity contribution is 7.47. The number of aliphatic hydroxyl groups excluding tert-OH is 1. The minimum absolute atomic E-state index is 0.104. The number of aliphatic hydroxyl groups is 1. The molecule has 3 N–H and O–H groups in total. The van der Waals surface area contributed by atoms with E-state index in [4.69, 9.17) is 37.0 Å². The molecule has 0 bridgehead atoms. The van der Waals surface area contributed by atoms with Crippen LogP contribution in [-0.2, 0) is 65.4 Å². The Morgan fingerprint density at radius 3 is 0.697 bits per heavy atom. The lowest BCUT2D eigenvalue weighted by Gasteiger charge is -2.21. The van der Waals surface area contributed by atoms with Crippen LogP contribution < -0.4 is 0 Å². The van der Waals surface area contributed by atoms with Crippen molar-refractivity contribution in [1.82, 2.24) is 0 Å². The van der Waals surface area contributed by atoms with E-state index in [1.54, 1.807) is 0 Å². The zero-order chi connectivity index (χ0) is 66.1. The Morgan fingerprint density at radius 1 is 0.281 bits per heavy atom. The molecule has 19 heteroatoms. The number of unbranched alkanes of at least 4 members (excludes halogenated alkanes) is 33. The quantitative estimate of drug-likeness (QED) is 0.0222. The van der Waals surface area contributed by atoms with Gasteiger partial charge in [0.15, 0.2) is 12.2 Å². The number of esters is 4. The largest absolute Gasteiger partial charge is 0.472 e. The molecule has 0 radical (unpaired) electrons. The number of phosphoric ester groups is 2. The van der Waals surface area contributed by atoms with Crippen molar-refractivity contribution in [2.45, 2.75) is 363 Å². The van der Waals surface area contributed by atoms with Crippen LogP contribution in [0.2, 0.25) is 0 Å². The third-order valence-corrected chi connectivity index (χ3v) is 18.0. The molecule has 3 unspecified atom stereocenters. The van der Waals surface area contributed by atoms with Gasteiger partial charge in [0.1, 0.15) is 19.3 Å². The van der Waals surface area contributed by atoms with Gasteiger partial charge in [-0.3, -0.25) is 37.3 Å². The van der Waals surface area contributed by atoms with E-state index in [9.17, 15) is 43.2 Å². The summed E-state index contributed by atoms with van der Waals surface area (Å²) in [5.41, 5.74) is 0. The molecule has 0 heterocycles. The van der Waals surface area contributed by atoms with Crippen molar-refractivity contribution in [2.75, 3.05) is 39.6 Å². The van der Waals surface area contributed by atoms with Gasteiger partial charge in [-0.05, 0) is 49.4 Å². The Balaban J connectivity index is 5.27. The van der Waals surface area contributed by atoms with Crippen LogP contribution in [0.4, 0.5) is 0 Å². The summed E-state index contributed by atoms with van der Waals surface area (Å²) in [5, 5.41) is 10.6. The van der Waals surface area contributed by atoms with E-state index >= 15 is 0 Å². The number of carbonyl (C=O) groups is 4. The fourth-order valence-electron chi connectivity index (χ4n) is 10.5. The molecule has 0 saturated heterocycles. The van der Waals surface area contributed by atoms with Crippen molar-refractivity contribution in [1.29, 1.82) is 0 Å². The highest BCUT2D eigenvalue weighted by Crippen LogP contribution is 2.45. The number of carbonyl (C=O) groups excluding carboxylic acids is 4. The standard InChI is InChI=1S/C70H136O17P2/c1-60(2)46-38-30-22-14-10-9-11-17-28-36-44-52-69(74)86-66(57-81-68(73)51-43-35-27-21-20-25-33-41-49-63(7)8)59-85-89(78,79)83-55-64(71)54-82-88(76,77)84-58-65(87-70(75)53-45-37-29-19-13-16-24-32-40-48-62(5)6)56-80-67(72)50-42-34-26-18-12-15-23-31-39-47-61(3)4/h60-66,71H,9-59H2,1-8H3,(H,76,77)(H,78,79)/t64?,65-,66-/m1/s1. The van der Waals surface area contributed by atoms with Gasteiger partial charge in [-0.2, -0.15) is 0 Å². The molecular formula is C70H136O17P2. The maximum atomic E-state index is 13.0.